The van der Waals surface area contributed by atoms with Gasteiger partial charge in [0.15, 0.2) is 11.5 Å². The predicted octanol–water partition coefficient (Wildman–Crippen LogP) is 4.58. The van der Waals surface area contributed by atoms with Crippen LogP contribution in [0.3, 0.4) is 0 Å². The van der Waals surface area contributed by atoms with Crippen LogP contribution in [0.4, 0.5) is 0 Å². The molecule has 0 aliphatic rings. The Morgan fingerprint density at radius 2 is 1.33 bits per heavy atom. The fourth-order valence-electron chi connectivity index (χ4n) is 2.91. The molecule has 0 N–H and O–H groups in total. The van der Waals surface area contributed by atoms with E-state index >= 15 is 0 Å². The molecule has 0 unspecified atom stereocenters. The summed E-state index contributed by atoms with van der Waals surface area (Å²) in [4.78, 5) is 24.3. The molecule has 0 aliphatic carbocycles. The number of ether oxygens (including phenoxy) is 4. The molecule has 0 spiro atoms. The second-order valence-electron chi connectivity index (χ2n) is 6.17. The molecule has 0 bridgehead atoms. The molecule has 2 aromatic carbocycles. The third kappa shape index (κ3) is 4.32. The van der Waals surface area contributed by atoms with Crippen molar-refractivity contribution in [1.82, 2.24) is 0 Å². The number of benzene rings is 2. The van der Waals surface area contributed by atoms with Crippen molar-refractivity contribution in [2.75, 3.05) is 14.2 Å². The minimum absolute atomic E-state index is 0.222. The Morgan fingerprint density at radius 1 is 0.815 bits per heavy atom. The summed E-state index contributed by atoms with van der Waals surface area (Å²) in [7, 11) is 2.91. The van der Waals surface area contributed by atoms with Gasteiger partial charge >= 0.3 is 11.9 Å². The van der Waals surface area contributed by atoms with Gasteiger partial charge in [-0.1, -0.05) is 32.0 Å². The average Bonchev–Trinajstić information content (AvgIpc) is 2.63. The highest BCUT2D eigenvalue weighted by Gasteiger charge is 2.27. The van der Waals surface area contributed by atoms with E-state index in [0.717, 1.165) is 5.56 Å². The third-order valence-electron chi connectivity index (χ3n) is 4.11. The molecule has 2 aromatic rings. The molecule has 0 amide bonds. The standard InChI is InChI=1S/C21H26O6/c1-6-9-15(22)26-18-14-12-8-11-13(3)17(14)19(27-16(23)10-7-2)21(25-5)20(18)24-4/h8,11-12H,6-7,9-10H2,1-5H3. The summed E-state index contributed by atoms with van der Waals surface area (Å²) in [6.45, 7) is 5.69. The summed E-state index contributed by atoms with van der Waals surface area (Å²) >= 11 is 0. The number of aryl methyl sites for hydroxylation is 1. The SMILES string of the molecule is CCCC(=O)Oc1c(OC)c(OC)c(OC(=O)CCC)c2c(C)cccc12. The van der Waals surface area contributed by atoms with Crippen molar-refractivity contribution in [1.29, 1.82) is 0 Å². The Hall–Kier alpha value is -2.76. The van der Waals surface area contributed by atoms with Crippen LogP contribution in [-0.2, 0) is 9.59 Å². The van der Waals surface area contributed by atoms with Crippen LogP contribution in [0.25, 0.3) is 10.8 Å². The smallest absolute Gasteiger partial charge is 0.311 e. The molecule has 27 heavy (non-hydrogen) atoms. The van der Waals surface area contributed by atoms with Crippen molar-refractivity contribution in [3.63, 3.8) is 0 Å². The summed E-state index contributed by atoms with van der Waals surface area (Å²) in [5.74, 6) is 0.259. The van der Waals surface area contributed by atoms with E-state index in [-0.39, 0.29) is 47.8 Å². The molecule has 0 aliphatic heterocycles. The lowest BCUT2D eigenvalue weighted by Crippen LogP contribution is -2.12. The van der Waals surface area contributed by atoms with Crippen LogP contribution in [0.1, 0.15) is 45.1 Å². The lowest BCUT2D eigenvalue weighted by atomic mass is 10.0. The number of hydrogen-bond donors (Lipinski definition) is 0. The van der Waals surface area contributed by atoms with E-state index < -0.39 is 0 Å². The van der Waals surface area contributed by atoms with Gasteiger partial charge in [0.1, 0.15) is 0 Å². The van der Waals surface area contributed by atoms with E-state index in [1.165, 1.54) is 14.2 Å². The normalized spacial score (nSPS) is 10.6. The zero-order valence-electron chi connectivity index (χ0n) is 16.5. The van der Waals surface area contributed by atoms with Crippen LogP contribution in [0.2, 0.25) is 0 Å². The number of esters is 2. The minimum atomic E-state index is -0.364. The van der Waals surface area contributed by atoms with Crippen molar-refractivity contribution in [2.24, 2.45) is 0 Å². The zero-order chi connectivity index (χ0) is 20.0. The molecule has 0 aromatic heterocycles. The summed E-state index contributed by atoms with van der Waals surface area (Å²) in [5, 5.41) is 1.27. The van der Waals surface area contributed by atoms with Gasteiger partial charge in [-0.15, -0.1) is 0 Å². The van der Waals surface area contributed by atoms with Gasteiger partial charge in [-0.25, -0.2) is 0 Å². The van der Waals surface area contributed by atoms with Crippen LogP contribution >= 0.6 is 0 Å². The van der Waals surface area contributed by atoms with Gasteiger partial charge in [-0.3, -0.25) is 9.59 Å². The lowest BCUT2D eigenvalue weighted by Gasteiger charge is -2.20. The highest BCUT2D eigenvalue weighted by atomic mass is 16.6. The number of rotatable bonds is 8. The number of hydrogen-bond acceptors (Lipinski definition) is 6. The predicted molar refractivity (Wildman–Crippen MR) is 103 cm³/mol. The average molecular weight is 374 g/mol. The van der Waals surface area contributed by atoms with Gasteiger partial charge in [0.05, 0.1) is 14.2 Å². The number of carbonyl (C=O) groups excluding carboxylic acids is 2. The zero-order valence-corrected chi connectivity index (χ0v) is 16.5. The minimum Gasteiger partial charge on any atom is -0.490 e. The van der Waals surface area contributed by atoms with Crippen molar-refractivity contribution >= 4 is 22.7 Å². The molecule has 6 nitrogen and oxygen atoms in total. The molecule has 0 atom stereocenters. The molecular weight excluding hydrogens is 348 g/mol. The largest absolute Gasteiger partial charge is 0.490 e. The van der Waals surface area contributed by atoms with Gasteiger partial charge in [0.25, 0.3) is 0 Å². The maximum atomic E-state index is 12.2. The maximum Gasteiger partial charge on any atom is 0.311 e. The highest BCUT2D eigenvalue weighted by Crippen LogP contribution is 2.52. The van der Waals surface area contributed by atoms with Crippen LogP contribution in [-0.4, -0.2) is 26.2 Å². The van der Waals surface area contributed by atoms with Crippen LogP contribution in [0, 0.1) is 6.92 Å². The lowest BCUT2D eigenvalue weighted by molar-refractivity contribution is -0.135. The first-order valence-electron chi connectivity index (χ1n) is 9.06. The van der Waals surface area contributed by atoms with Crippen molar-refractivity contribution < 1.29 is 28.5 Å². The van der Waals surface area contributed by atoms with Gasteiger partial charge in [0.2, 0.25) is 11.5 Å². The summed E-state index contributed by atoms with van der Waals surface area (Å²) in [6, 6.07) is 5.54. The summed E-state index contributed by atoms with van der Waals surface area (Å²) in [5.41, 5.74) is 0.862. The fraction of sp³-hybridized carbons (Fsp3) is 0.429. The number of methoxy groups -OCH3 is 2. The monoisotopic (exact) mass is 374 g/mol. The Morgan fingerprint density at radius 3 is 1.85 bits per heavy atom. The third-order valence-corrected chi connectivity index (χ3v) is 4.11. The molecule has 2 rings (SSSR count). The molecule has 6 heteroatoms. The van der Waals surface area contributed by atoms with Crippen LogP contribution < -0.4 is 18.9 Å². The van der Waals surface area contributed by atoms with Crippen LogP contribution in [0.5, 0.6) is 23.0 Å². The summed E-state index contributed by atoms with van der Waals surface area (Å²) in [6.07, 6.45) is 1.90. The highest BCUT2D eigenvalue weighted by molar-refractivity contribution is 6.03. The van der Waals surface area contributed by atoms with E-state index in [9.17, 15) is 9.59 Å². The second-order valence-corrected chi connectivity index (χ2v) is 6.17. The van der Waals surface area contributed by atoms with Crippen molar-refractivity contribution in [3.8, 4) is 23.0 Å². The van der Waals surface area contributed by atoms with E-state index in [2.05, 4.69) is 0 Å². The first-order chi connectivity index (χ1) is 13.0. The first kappa shape index (κ1) is 20.6. The molecule has 0 saturated heterocycles. The quantitative estimate of drug-likeness (QED) is 0.498. The Balaban J connectivity index is 2.78. The van der Waals surface area contributed by atoms with Gasteiger partial charge in [-0.2, -0.15) is 0 Å². The molecule has 146 valence electrons. The molecule has 0 saturated carbocycles. The topological polar surface area (TPSA) is 71.1 Å². The fourth-order valence-corrected chi connectivity index (χ4v) is 2.91. The van der Waals surface area contributed by atoms with E-state index in [1.54, 1.807) is 6.07 Å². The first-order valence-corrected chi connectivity index (χ1v) is 9.06. The van der Waals surface area contributed by atoms with Crippen molar-refractivity contribution in [2.45, 2.75) is 46.5 Å². The van der Waals surface area contributed by atoms with Crippen LogP contribution in [0.15, 0.2) is 18.2 Å². The van der Waals surface area contributed by atoms with E-state index in [0.29, 0.717) is 23.6 Å². The van der Waals surface area contributed by atoms with Crippen molar-refractivity contribution in [3.05, 3.63) is 23.8 Å². The summed E-state index contributed by atoms with van der Waals surface area (Å²) < 4.78 is 22.2. The van der Waals surface area contributed by atoms with Gasteiger partial charge in [0, 0.05) is 23.6 Å². The number of carbonyl (C=O) groups is 2. The Bertz CT molecular complexity index is 840. The molecular formula is C21H26O6. The maximum absolute atomic E-state index is 12.2. The van der Waals surface area contributed by atoms with Gasteiger partial charge < -0.3 is 18.9 Å². The molecule has 0 radical (unpaired) electrons. The molecule has 0 heterocycles. The number of fused-ring (bicyclic) bond motifs is 1. The molecule has 0 fully saturated rings. The van der Waals surface area contributed by atoms with Gasteiger partial charge in [-0.05, 0) is 25.3 Å². The van der Waals surface area contributed by atoms with E-state index in [1.807, 2.05) is 32.9 Å². The van der Waals surface area contributed by atoms with E-state index in [4.69, 9.17) is 18.9 Å². The Kier molecular flexibility index (Phi) is 7.05. The second kappa shape index (κ2) is 9.26. The Labute approximate surface area is 159 Å².